The third-order valence-corrected chi connectivity index (χ3v) is 6.27. The second kappa shape index (κ2) is 8.73. The molecule has 3 aromatic rings. The van der Waals surface area contributed by atoms with E-state index in [0.717, 1.165) is 62.3 Å². The molecule has 2 fully saturated rings. The van der Waals surface area contributed by atoms with Crippen LogP contribution in [-0.2, 0) is 11.0 Å². The van der Waals surface area contributed by atoms with Crippen LogP contribution in [0.15, 0.2) is 36.5 Å². The van der Waals surface area contributed by atoms with Crippen LogP contribution in [0.4, 0.5) is 18.9 Å². The molecule has 0 atom stereocenters. The number of rotatable bonds is 6. The molecule has 1 N–H and O–H groups in total. The van der Waals surface area contributed by atoms with Gasteiger partial charge in [0.2, 0.25) is 0 Å². The number of benzene rings is 1. The number of carbonyl (C=O) groups is 2. The Labute approximate surface area is 193 Å². The van der Waals surface area contributed by atoms with Crippen molar-refractivity contribution in [3.63, 3.8) is 0 Å². The highest BCUT2D eigenvalue weighted by Crippen LogP contribution is 2.37. The van der Waals surface area contributed by atoms with Gasteiger partial charge in [0, 0.05) is 23.6 Å². The van der Waals surface area contributed by atoms with Crippen LogP contribution in [0.5, 0.6) is 5.75 Å². The third kappa shape index (κ3) is 4.76. The van der Waals surface area contributed by atoms with E-state index in [9.17, 15) is 22.8 Å². The molecule has 0 spiro atoms. The lowest BCUT2D eigenvalue weighted by atomic mass is 9.87. The molecule has 10 heteroatoms. The average Bonchev–Trinajstić information content (AvgIpc) is 3.55. The van der Waals surface area contributed by atoms with Gasteiger partial charge in [-0.3, -0.25) is 9.48 Å². The van der Waals surface area contributed by atoms with Gasteiger partial charge in [-0.25, -0.2) is 4.98 Å². The first-order valence-corrected chi connectivity index (χ1v) is 11.3. The maximum absolute atomic E-state index is 13.0. The van der Waals surface area contributed by atoms with Crippen LogP contribution < -0.4 is 10.1 Å². The number of nitrogens with one attached hydrogen (secondary N) is 1. The number of aromatic nitrogens is 3. The largest absolute Gasteiger partial charge is 0.488 e. The standard InChI is InChI=1S/C24H23F3N4O3/c25-24(26,27)22-3-1-2-18(28-22)23(33)29-20-10-15-12-31(16-6-4-14(13-32)5-7-16)30-19(15)11-21(20)34-17-8-9-17/h1-3,10-14,16-17H,4-9H2,(H,29,33). The number of ether oxygens (including phenoxy) is 1. The van der Waals surface area contributed by atoms with Crippen molar-refractivity contribution < 1.29 is 27.5 Å². The topological polar surface area (TPSA) is 86.1 Å². The van der Waals surface area contributed by atoms with E-state index in [2.05, 4.69) is 10.3 Å². The van der Waals surface area contributed by atoms with Gasteiger partial charge < -0.3 is 14.8 Å². The molecular weight excluding hydrogens is 449 g/mol. The first kappa shape index (κ1) is 22.4. The summed E-state index contributed by atoms with van der Waals surface area (Å²) in [5.41, 5.74) is -0.415. The summed E-state index contributed by atoms with van der Waals surface area (Å²) in [4.78, 5) is 27.3. The van der Waals surface area contributed by atoms with Gasteiger partial charge in [0.15, 0.2) is 0 Å². The molecule has 2 aromatic heterocycles. The van der Waals surface area contributed by atoms with E-state index < -0.39 is 17.8 Å². The molecule has 0 saturated heterocycles. The molecule has 0 bridgehead atoms. The van der Waals surface area contributed by atoms with Gasteiger partial charge in [0.25, 0.3) is 5.91 Å². The van der Waals surface area contributed by atoms with Crippen LogP contribution >= 0.6 is 0 Å². The molecule has 0 aliphatic heterocycles. The first-order chi connectivity index (χ1) is 16.3. The average molecular weight is 472 g/mol. The van der Waals surface area contributed by atoms with Crippen molar-refractivity contribution in [2.45, 2.75) is 56.8 Å². The molecule has 34 heavy (non-hydrogen) atoms. The fraction of sp³-hybridized carbons (Fsp3) is 0.417. The van der Waals surface area contributed by atoms with Crippen molar-refractivity contribution in [2.24, 2.45) is 5.92 Å². The summed E-state index contributed by atoms with van der Waals surface area (Å²) in [6, 6.07) is 6.86. The quantitative estimate of drug-likeness (QED) is 0.500. The van der Waals surface area contributed by atoms with E-state index in [1.165, 1.54) is 6.07 Å². The molecule has 2 heterocycles. The predicted molar refractivity (Wildman–Crippen MR) is 118 cm³/mol. The van der Waals surface area contributed by atoms with Crippen LogP contribution in [0.25, 0.3) is 10.9 Å². The molecule has 2 aliphatic carbocycles. The Balaban J connectivity index is 1.42. The maximum Gasteiger partial charge on any atom is 0.433 e. The SMILES string of the molecule is O=CC1CCC(n2cc3cc(NC(=O)c4cccc(C(F)(F)F)n4)c(OC4CC4)cc3n2)CC1. The van der Waals surface area contributed by atoms with E-state index in [4.69, 9.17) is 9.84 Å². The van der Waals surface area contributed by atoms with Gasteiger partial charge >= 0.3 is 6.18 Å². The summed E-state index contributed by atoms with van der Waals surface area (Å²) >= 11 is 0. The van der Waals surface area contributed by atoms with Gasteiger partial charge in [0.1, 0.15) is 23.4 Å². The lowest BCUT2D eigenvalue weighted by Gasteiger charge is -2.25. The lowest BCUT2D eigenvalue weighted by molar-refractivity contribution is -0.141. The number of halogens is 3. The molecule has 5 rings (SSSR count). The van der Waals surface area contributed by atoms with E-state index >= 15 is 0 Å². The fourth-order valence-electron chi connectivity index (χ4n) is 4.23. The number of fused-ring (bicyclic) bond motifs is 1. The predicted octanol–water partition coefficient (Wildman–Crippen LogP) is 5.17. The van der Waals surface area contributed by atoms with E-state index in [0.29, 0.717) is 17.0 Å². The van der Waals surface area contributed by atoms with Crippen LogP contribution in [-0.4, -0.2) is 33.1 Å². The second-order valence-corrected chi connectivity index (χ2v) is 8.90. The van der Waals surface area contributed by atoms with Crippen molar-refractivity contribution in [2.75, 3.05) is 5.32 Å². The van der Waals surface area contributed by atoms with E-state index in [1.807, 2.05) is 10.9 Å². The Bertz CT molecular complexity index is 1230. The molecule has 1 amide bonds. The molecule has 2 aliphatic rings. The van der Waals surface area contributed by atoms with Crippen LogP contribution in [0.3, 0.4) is 0 Å². The molecule has 2 saturated carbocycles. The molecule has 0 unspecified atom stereocenters. The van der Waals surface area contributed by atoms with Crippen LogP contribution in [0.2, 0.25) is 0 Å². The van der Waals surface area contributed by atoms with Crippen LogP contribution in [0, 0.1) is 5.92 Å². The Hall–Kier alpha value is -3.43. The smallest absolute Gasteiger partial charge is 0.433 e. The van der Waals surface area contributed by atoms with Crippen molar-refractivity contribution >= 4 is 28.8 Å². The Kier molecular flexibility index (Phi) is 5.75. The fourth-order valence-corrected chi connectivity index (χ4v) is 4.23. The first-order valence-electron chi connectivity index (χ1n) is 11.3. The maximum atomic E-state index is 13.0. The zero-order valence-corrected chi connectivity index (χ0v) is 18.2. The minimum absolute atomic E-state index is 0.0421. The second-order valence-electron chi connectivity index (χ2n) is 8.90. The highest BCUT2D eigenvalue weighted by Gasteiger charge is 2.33. The number of nitrogens with zero attached hydrogens (tertiary/aromatic N) is 3. The van der Waals surface area contributed by atoms with Crippen molar-refractivity contribution in [3.05, 3.63) is 47.9 Å². The number of anilines is 1. The molecule has 7 nitrogen and oxygen atoms in total. The van der Waals surface area contributed by atoms with Gasteiger partial charge in [-0.1, -0.05) is 6.07 Å². The zero-order chi connectivity index (χ0) is 23.9. The number of pyridine rings is 1. The van der Waals surface area contributed by atoms with Crippen molar-refractivity contribution in [1.82, 2.24) is 14.8 Å². The molecular formula is C24H23F3N4O3. The molecule has 1 aromatic carbocycles. The summed E-state index contributed by atoms with van der Waals surface area (Å²) in [5, 5.41) is 8.13. The monoisotopic (exact) mass is 472 g/mol. The number of carbonyl (C=O) groups excluding carboxylic acids is 2. The Morgan fingerprint density at radius 2 is 1.88 bits per heavy atom. The number of amides is 1. The summed E-state index contributed by atoms with van der Waals surface area (Å²) in [7, 11) is 0. The van der Waals surface area contributed by atoms with Crippen molar-refractivity contribution in [3.8, 4) is 5.75 Å². The zero-order valence-electron chi connectivity index (χ0n) is 18.2. The number of alkyl halides is 3. The Morgan fingerprint density at radius 1 is 1.12 bits per heavy atom. The number of hydrogen-bond donors (Lipinski definition) is 1. The lowest BCUT2D eigenvalue weighted by Crippen LogP contribution is -2.19. The van der Waals surface area contributed by atoms with Crippen LogP contribution in [0.1, 0.15) is 60.7 Å². The van der Waals surface area contributed by atoms with Gasteiger partial charge in [-0.05, 0) is 56.7 Å². The summed E-state index contributed by atoms with van der Waals surface area (Å²) in [6.07, 6.45) is 3.46. The van der Waals surface area contributed by atoms with E-state index in [-0.39, 0.29) is 23.8 Å². The van der Waals surface area contributed by atoms with E-state index in [1.54, 1.807) is 12.1 Å². The highest BCUT2D eigenvalue weighted by atomic mass is 19.4. The van der Waals surface area contributed by atoms with Gasteiger partial charge in [-0.15, -0.1) is 0 Å². The molecule has 178 valence electrons. The summed E-state index contributed by atoms with van der Waals surface area (Å²) in [5.74, 6) is -0.234. The summed E-state index contributed by atoms with van der Waals surface area (Å²) in [6.45, 7) is 0. The Morgan fingerprint density at radius 3 is 2.56 bits per heavy atom. The number of aldehydes is 1. The normalized spacial score (nSPS) is 20.8. The van der Waals surface area contributed by atoms with Gasteiger partial charge in [0.05, 0.1) is 23.3 Å². The third-order valence-electron chi connectivity index (χ3n) is 6.27. The molecule has 0 radical (unpaired) electrons. The number of hydrogen-bond acceptors (Lipinski definition) is 5. The minimum Gasteiger partial charge on any atom is -0.488 e. The van der Waals surface area contributed by atoms with Gasteiger partial charge in [-0.2, -0.15) is 18.3 Å². The highest BCUT2D eigenvalue weighted by molar-refractivity contribution is 6.05. The summed E-state index contributed by atoms with van der Waals surface area (Å²) < 4.78 is 46.9. The minimum atomic E-state index is -4.64. The van der Waals surface area contributed by atoms with Crippen molar-refractivity contribution in [1.29, 1.82) is 0 Å².